The molecule has 0 aliphatic heterocycles. The standard InChI is InChI=1S/C11H16N2O3S/c1-4-15-11-8(3)9(12-14)6-7-10(11)13(17)16-5-2/h6-7,17H,4-5H2,1-3H3. The maximum Gasteiger partial charge on any atom is 0.151 e. The predicted octanol–water partition coefficient (Wildman–Crippen LogP) is 3.39. The first-order valence-corrected chi connectivity index (χ1v) is 5.77. The van der Waals surface area contributed by atoms with E-state index in [0.717, 1.165) is 0 Å². The maximum absolute atomic E-state index is 10.6. The summed E-state index contributed by atoms with van der Waals surface area (Å²) < 4.78 is 6.83. The molecule has 0 amide bonds. The highest BCUT2D eigenvalue weighted by Gasteiger charge is 2.15. The number of thiol groups is 1. The average molecular weight is 256 g/mol. The third kappa shape index (κ3) is 3.10. The molecule has 1 aromatic rings. The molecule has 0 saturated heterocycles. The number of nitrogens with zero attached hydrogens (tertiary/aromatic N) is 2. The first-order valence-electron chi connectivity index (χ1n) is 5.37. The quantitative estimate of drug-likeness (QED) is 0.481. The normalized spacial score (nSPS) is 10.1. The van der Waals surface area contributed by atoms with Crippen LogP contribution in [0.1, 0.15) is 19.4 Å². The van der Waals surface area contributed by atoms with E-state index >= 15 is 0 Å². The summed E-state index contributed by atoms with van der Waals surface area (Å²) in [4.78, 5) is 15.9. The van der Waals surface area contributed by atoms with Crippen LogP contribution in [0.3, 0.4) is 0 Å². The Morgan fingerprint density at radius 3 is 2.59 bits per heavy atom. The zero-order valence-electron chi connectivity index (χ0n) is 10.1. The number of hydrogen-bond acceptors (Lipinski definition) is 6. The van der Waals surface area contributed by atoms with Crippen molar-refractivity contribution < 1.29 is 9.57 Å². The summed E-state index contributed by atoms with van der Waals surface area (Å²) in [5, 5.41) is 2.95. The number of hydrogen-bond donors (Lipinski definition) is 1. The van der Waals surface area contributed by atoms with Crippen LogP contribution in [0.5, 0.6) is 5.75 Å². The second-order valence-electron chi connectivity index (χ2n) is 3.27. The van der Waals surface area contributed by atoms with Gasteiger partial charge in [0, 0.05) is 5.56 Å². The van der Waals surface area contributed by atoms with Gasteiger partial charge in [-0.1, -0.05) is 0 Å². The van der Waals surface area contributed by atoms with Crippen molar-refractivity contribution in [3.8, 4) is 5.75 Å². The van der Waals surface area contributed by atoms with Crippen LogP contribution in [-0.4, -0.2) is 13.2 Å². The van der Waals surface area contributed by atoms with Crippen LogP contribution in [0.25, 0.3) is 0 Å². The Kier molecular flexibility index (Phi) is 5.24. The molecule has 0 aliphatic carbocycles. The molecule has 17 heavy (non-hydrogen) atoms. The zero-order chi connectivity index (χ0) is 12.8. The third-order valence-electron chi connectivity index (χ3n) is 2.20. The molecule has 1 rings (SSSR count). The topological polar surface area (TPSA) is 51.1 Å². The van der Waals surface area contributed by atoms with E-state index in [9.17, 15) is 4.91 Å². The van der Waals surface area contributed by atoms with Crippen molar-refractivity contribution in [2.75, 3.05) is 17.7 Å². The minimum atomic E-state index is 0.357. The van der Waals surface area contributed by atoms with E-state index in [1.165, 1.54) is 4.47 Å². The van der Waals surface area contributed by atoms with Gasteiger partial charge >= 0.3 is 0 Å². The van der Waals surface area contributed by atoms with E-state index in [2.05, 4.69) is 18.0 Å². The molecule has 0 radical (unpaired) electrons. The van der Waals surface area contributed by atoms with Crippen LogP contribution >= 0.6 is 12.8 Å². The van der Waals surface area contributed by atoms with Gasteiger partial charge in [0.15, 0.2) is 5.75 Å². The predicted molar refractivity (Wildman–Crippen MR) is 70.9 cm³/mol. The molecule has 0 heterocycles. The second-order valence-corrected chi connectivity index (χ2v) is 3.64. The van der Waals surface area contributed by atoms with E-state index < -0.39 is 0 Å². The summed E-state index contributed by atoms with van der Waals surface area (Å²) in [6.07, 6.45) is 0. The molecule has 94 valence electrons. The Bertz CT molecular complexity index is 399. The van der Waals surface area contributed by atoms with Gasteiger partial charge in [-0.25, -0.2) is 0 Å². The lowest BCUT2D eigenvalue weighted by Gasteiger charge is -2.21. The highest BCUT2D eigenvalue weighted by molar-refractivity contribution is 7.81. The van der Waals surface area contributed by atoms with Gasteiger partial charge < -0.3 is 4.74 Å². The van der Waals surface area contributed by atoms with Crippen LogP contribution in [0.4, 0.5) is 11.4 Å². The molecule has 0 aromatic heterocycles. The number of ether oxygens (including phenoxy) is 1. The first kappa shape index (κ1) is 13.8. The van der Waals surface area contributed by atoms with E-state index in [1.807, 2.05) is 13.8 Å². The molecule has 0 unspecified atom stereocenters. The van der Waals surface area contributed by atoms with E-state index in [4.69, 9.17) is 9.57 Å². The molecule has 0 N–H and O–H groups in total. The van der Waals surface area contributed by atoms with Gasteiger partial charge in [0.25, 0.3) is 0 Å². The summed E-state index contributed by atoms with van der Waals surface area (Å²) in [6, 6.07) is 3.31. The van der Waals surface area contributed by atoms with Crippen LogP contribution in [-0.2, 0) is 4.84 Å². The van der Waals surface area contributed by atoms with Crippen LogP contribution in [0, 0.1) is 11.8 Å². The van der Waals surface area contributed by atoms with Gasteiger partial charge in [-0.15, -0.1) is 4.91 Å². The maximum atomic E-state index is 10.6. The van der Waals surface area contributed by atoms with Crippen molar-refractivity contribution in [1.29, 1.82) is 0 Å². The van der Waals surface area contributed by atoms with Crippen molar-refractivity contribution in [2.24, 2.45) is 5.18 Å². The Labute approximate surface area is 106 Å². The summed E-state index contributed by atoms with van der Waals surface area (Å²) in [6.45, 7) is 6.48. The molecule has 6 heteroatoms. The summed E-state index contributed by atoms with van der Waals surface area (Å²) in [5.74, 6) is 0.563. The molecule has 0 aliphatic rings. The van der Waals surface area contributed by atoms with E-state index in [0.29, 0.717) is 35.9 Å². The second kappa shape index (κ2) is 6.46. The van der Waals surface area contributed by atoms with Crippen LogP contribution in [0.15, 0.2) is 17.3 Å². The lowest BCUT2D eigenvalue weighted by Crippen LogP contribution is -2.13. The Morgan fingerprint density at radius 2 is 2.06 bits per heavy atom. The molecule has 1 aromatic carbocycles. The Hall–Kier alpha value is -1.27. The fraction of sp³-hybridized carbons (Fsp3) is 0.455. The zero-order valence-corrected chi connectivity index (χ0v) is 11.0. The van der Waals surface area contributed by atoms with Crippen molar-refractivity contribution in [3.63, 3.8) is 0 Å². The molecule has 0 spiro atoms. The number of rotatable bonds is 6. The minimum Gasteiger partial charge on any atom is -0.491 e. The van der Waals surface area contributed by atoms with Crippen molar-refractivity contribution in [2.45, 2.75) is 20.8 Å². The average Bonchev–Trinajstić information content (AvgIpc) is 2.32. The fourth-order valence-corrected chi connectivity index (χ4v) is 1.71. The first-order chi connectivity index (χ1) is 8.15. The smallest absolute Gasteiger partial charge is 0.151 e. The number of benzene rings is 1. The monoisotopic (exact) mass is 256 g/mol. The van der Waals surface area contributed by atoms with Crippen molar-refractivity contribution in [3.05, 3.63) is 22.6 Å². The summed E-state index contributed by atoms with van der Waals surface area (Å²) >= 11 is 4.20. The minimum absolute atomic E-state index is 0.357. The van der Waals surface area contributed by atoms with Gasteiger partial charge in [-0.3, -0.25) is 4.84 Å². The molecule has 0 bridgehead atoms. The van der Waals surface area contributed by atoms with Gasteiger partial charge in [0.2, 0.25) is 0 Å². The van der Waals surface area contributed by atoms with Gasteiger partial charge in [0.05, 0.1) is 13.2 Å². The van der Waals surface area contributed by atoms with Gasteiger partial charge in [0.1, 0.15) is 11.4 Å². The highest BCUT2D eigenvalue weighted by atomic mass is 32.1. The number of anilines is 1. The van der Waals surface area contributed by atoms with Crippen LogP contribution in [0.2, 0.25) is 0 Å². The van der Waals surface area contributed by atoms with Crippen molar-refractivity contribution >= 4 is 24.2 Å². The van der Waals surface area contributed by atoms with Gasteiger partial charge in [-0.05, 0) is 50.9 Å². The van der Waals surface area contributed by atoms with E-state index in [1.54, 1.807) is 19.1 Å². The van der Waals surface area contributed by atoms with Crippen molar-refractivity contribution in [1.82, 2.24) is 0 Å². The SMILES string of the molecule is CCOc1c(N(S)OCC)ccc(N=O)c1C. The molecule has 0 atom stereocenters. The Morgan fingerprint density at radius 1 is 1.35 bits per heavy atom. The number of nitroso groups, excluding NO2 is 1. The molecule has 5 nitrogen and oxygen atoms in total. The molecular weight excluding hydrogens is 240 g/mol. The van der Waals surface area contributed by atoms with Crippen LogP contribution < -0.4 is 9.21 Å². The van der Waals surface area contributed by atoms with Gasteiger partial charge in [-0.2, -0.15) is 4.47 Å². The lowest BCUT2D eigenvalue weighted by molar-refractivity contribution is 0.169. The molecule has 0 saturated carbocycles. The summed E-state index contributed by atoms with van der Waals surface area (Å²) in [7, 11) is 0. The fourth-order valence-electron chi connectivity index (χ4n) is 1.43. The van der Waals surface area contributed by atoms with E-state index in [-0.39, 0.29) is 0 Å². The highest BCUT2D eigenvalue weighted by Crippen LogP contribution is 2.38. The third-order valence-corrected chi connectivity index (χ3v) is 2.53. The lowest BCUT2D eigenvalue weighted by atomic mass is 10.1. The molecular formula is C11H16N2O3S. The Balaban J connectivity index is 3.20. The molecule has 0 fully saturated rings. The largest absolute Gasteiger partial charge is 0.491 e. The summed E-state index contributed by atoms with van der Waals surface area (Å²) in [5.41, 5.74) is 1.69.